The number of nitrogens with one attached hydrogen (secondary N) is 4. The highest BCUT2D eigenvalue weighted by Gasteiger charge is 2.47. The molecule has 0 bridgehead atoms. The number of hydrogen-bond donors (Lipinski definition) is 4. The first kappa shape index (κ1) is 78.0. The summed E-state index contributed by atoms with van der Waals surface area (Å²) in [6.45, 7) is 34.2. The summed E-state index contributed by atoms with van der Waals surface area (Å²) in [5.74, 6) is -15.6. The number of carbonyl (C=O) groups is 12. The van der Waals surface area contributed by atoms with E-state index < -0.39 is 173 Å². The molecule has 490 valence electrons. The molecule has 1 fully saturated rings. The fourth-order valence-electron chi connectivity index (χ4n) is 11.3. The van der Waals surface area contributed by atoms with Crippen LogP contribution in [-0.4, -0.2) is 185 Å². The van der Waals surface area contributed by atoms with Gasteiger partial charge in [-0.2, -0.15) is 0 Å². The van der Waals surface area contributed by atoms with Crippen LogP contribution in [0.5, 0.6) is 0 Å². The van der Waals surface area contributed by atoms with E-state index in [-0.39, 0.29) is 55.8 Å². The zero-order chi connectivity index (χ0) is 66.8. The Balaban J connectivity index is 4.37. The first-order valence-electron chi connectivity index (χ1n) is 31.3. The molecule has 4 N–H and O–H groups in total. The number of amides is 9. The Morgan fingerprint density at radius 3 is 1.33 bits per heavy atom. The van der Waals surface area contributed by atoms with Crippen LogP contribution < -0.4 is 21.3 Å². The van der Waals surface area contributed by atoms with Gasteiger partial charge in [-0.3, -0.25) is 57.5 Å². The van der Waals surface area contributed by atoms with Crippen molar-refractivity contribution >= 4 is 70.5 Å². The number of likely N-dealkylation sites (N-methyl/N-ethyl adjacent to an activating group) is 5. The second-order valence-electron chi connectivity index (χ2n) is 27.3. The number of carbonyl (C=O) groups excluding carboxylic acids is 12. The van der Waals surface area contributed by atoms with Crippen LogP contribution in [0.3, 0.4) is 0 Å². The molecule has 1 rings (SSSR count). The number of ketones is 3. The normalized spacial score (nSPS) is 28.0. The van der Waals surface area contributed by atoms with E-state index in [1.807, 2.05) is 55.4 Å². The lowest BCUT2D eigenvalue weighted by atomic mass is 9.70. The lowest BCUT2D eigenvalue weighted by Crippen LogP contribution is -2.60. The van der Waals surface area contributed by atoms with Crippen molar-refractivity contribution in [3.8, 4) is 0 Å². The zero-order valence-corrected chi connectivity index (χ0v) is 57.1. The second-order valence-corrected chi connectivity index (χ2v) is 27.3. The topological polar surface area (TPSA) is 269 Å². The monoisotopic (exact) mass is 1210 g/mol. The van der Waals surface area contributed by atoms with Crippen molar-refractivity contribution in [3.63, 3.8) is 0 Å². The number of allylic oxidation sites excluding steroid dienone is 2. The molecule has 0 saturated carbocycles. The van der Waals surface area contributed by atoms with E-state index in [4.69, 9.17) is 0 Å². The summed E-state index contributed by atoms with van der Waals surface area (Å²) in [6.07, 6.45) is 4.45. The standard InChI is InChI=1S/C65H113N9O12/c1-26-27-28-41(16)55(76)52-43(18)57(78)51(38(10)11)42(17)56(77)46(29-34(2)3)72(23)63(84)49(32-37(8)9)74(25)62(83)45(20)67-58(79)44(19)66-59(80)48(31-36(6)7)73(24)65(86)54(40(14)15)68-60(81)47(30-35(4)5)71(22)50(75)33-70(21)64(85)53(39(12)13)69-61(52)82/h26-27,34-49,51-54H,28-33H2,1-25H3,(H,66,80)(H,67,79)(H,68,81)(H,69,82)/t41-,42?,43?,44+,45-,46+,47+,48+,49+,51-,52+,53+,54+/m1/s1. The van der Waals surface area contributed by atoms with E-state index in [1.165, 1.54) is 75.6 Å². The summed E-state index contributed by atoms with van der Waals surface area (Å²) in [4.78, 5) is 182. The van der Waals surface area contributed by atoms with E-state index in [0.29, 0.717) is 0 Å². The van der Waals surface area contributed by atoms with Crippen molar-refractivity contribution in [1.82, 2.24) is 45.8 Å². The highest BCUT2D eigenvalue weighted by atomic mass is 16.2. The predicted molar refractivity (Wildman–Crippen MR) is 334 cm³/mol. The van der Waals surface area contributed by atoms with Gasteiger partial charge in [0.25, 0.3) is 0 Å². The summed E-state index contributed by atoms with van der Waals surface area (Å²) < 4.78 is 0. The molecule has 0 aliphatic carbocycles. The molecule has 0 radical (unpaired) electrons. The molecule has 21 heteroatoms. The van der Waals surface area contributed by atoms with Crippen LogP contribution in [0.2, 0.25) is 0 Å². The quantitative estimate of drug-likeness (QED) is 0.113. The van der Waals surface area contributed by atoms with Gasteiger partial charge >= 0.3 is 0 Å². The molecule has 13 atom stereocenters. The van der Waals surface area contributed by atoms with Crippen molar-refractivity contribution in [2.75, 3.05) is 41.8 Å². The van der Waals surface area contributed by atoms with Crippen LogP contribution in [-0.2, 0) is 57.5 Å². The lowest BCUT2D eigenvalue weighted by molar-refractivity contribution is -0.151. The van der Waals surface area contributed by atoms with E-state index in [0.717, 1.165) is 4.90 Å². The smallest absolute Gasteiger partial charge is 0.245 e. The van der Waals surface area contributed by atoms with Gasteiger partial charge in [-0.15, -0.1) is 0 Å². The lowest BCUT2D eigenvalue weighted by Gasteiger charge is -2.38. The summed E-state index contributed by atoms with van der Waals surface area (Å²) in [6, 6.07) is -9.41. The average Bonchev–Trinajstić information content (AvgIpc) is 2.16. The van der Waals surface area contributed by atoms with Gasteiger partial charge in [0.2, 0.25) is 53.2 Å². The van der Waals surface area contributed by atoms with Crippen molar-refractivity contribution in [1.29, 1.82) is 0 Å². The summed E-state index contributed by atoms with van der Waals surface area (Å²) in [5, 5.41) is 11.0. The Morgan fingerprint density at radius 1 is 0.453 bits per heavy atom. The van der Waals surface area contributed by atoms with Crippen LogP contribution >= 0.6 is 0 Å². The first-order valence-corrected chi connectivity index (χ1v) is 31.3. The van der Waals surface area contributed by atoms with Crippen molar-refractivity contribution < 1.29 is 57.5 Å². The predicted octanol–water partition coefficient (Wildman–Crippen LogP) is 5.71. The SMILES string of the molecule is CC=CC[C@@H](C)C(=O)[C@H]1C(=O)N[C@@H](C(C)C)C(=O)N(C)CC(=O)N(C)[C@@H](CC(C)C)C(=O)N[C@@H](C(C)C)C(=O)N(C)[C@@H](CC(C)C)C(=O)N[C@@H](C)C(=O)N[C@H](C)C(=O)N(C)[C@@H](CC(C)C)C(=O)N(C)[C@@H](CC(C)C)C(=O)C(C)[C@@H](C(C)C)C(=O)C1C. The van der Waals surface area contributed by atoms with Crippen LogP contribution in [0.1, 0.15) is 171 Å². The van der Waals surface area contributed by atoms with Crippen molar-refractivity contribution in [2.24, 2.45) is 71.0 Å². The largest absolute Gasteiger partial charge is 0.343 e. The Morgan fingerprint density at radius 2 is 0.860 bits per heavy atom. The molecule has 1 heterocycles. The van der Waals surface area contributed by atoms with Crippen molar-refractivity contribution in [3.05, 3.63) is 12.2 Å². The first-order chi connectivity index (χ1) is 39.6. The average molecular weight is 1210 g/mol. The maximum Gasteiger partial charge on any atom is 0.245 e. The third-order valence-electron chi connectivity index (χ3n) is 16.8. The van der Waals surface area contributed by atoms with E-state index in [2.05, 4.69) is 21.3 Å². The molecule has 9 amide bonds. The molecule has 2 unspecified atom stereocenters. The maximum atomic E-state index is 15.3. The van der Waals surface area contributed by atoms with Gasteiger partial charge in [0.05, 0.1) is 12.6 Å². The molecule has 1 aliphatic heterocycles. The molecule has 86 heavy (non-hydrogen) atoms. The highest BCUT2D eigenvalue weighted by molar-refractivity contribution is 6.08. The van der Waals surface area contributed by atoms with E-state index in [1.54, 1.807) is 74.5 Å². The van der Waals surface area contributed by atoms with Crippen LogP contribution in [0.15, 0.2) is 12.2 Å². The van der Waals surface area contributed by atoms with E-state index >= 15 is 9.59 Å². The third-order valence-corrected chi connectivity index (χ3v) is 16.8. The molecule has 1 aliphatic rings. The number of Topliss-reactive ketones (excluding diaryl/α,β-unsaturated/α-hetero) is 3. The van der Waals surface area contributed by atoms with Crippen molar-refractivity contribution in [2.45, 2.75) is 219 Å². The molecule has 0 spiro atoms. The van der Waals surface area contributed by atoms with Crippen LogP contribution in [0, 0.1) is 71.0 Å². The summed E-state index contributed by atoms with van der Waals surface area (Å²) in [5.41, 5.74) is 0. The second kappa shape index (κ2) is 35.1. The van der Waals surface area contributed by atoms with Gasteiger partial charge < -0.3 is 45.8 Å². The highest BCUT2D eigenvalue weighted by Crippen LogP contribution is 2.33. The van der Waals surface area contributed by atoms with Gasteiger partial charge in [-0.05, 0) is 94.3 Å². The fourth-order valence-corrected chi connectivity index (χ4v) is 11.3. The fraction of sp³-hybridized carbons (Fsp3) is 0.785. The zero-order valence-electron chi connectivity index (χ0n) is 57.1. The van der Waals surface area contributed by atoms with Gasteiger partial charge in [0, 0.05) is 58.9 Å². The minimum Gasteiger partial charge on any atom is -0.343 e. The minimum atomic E-state index is -1.62. The Labute approximate surface area is 515 Å². The maximum absolute atomic E-state index is 15.3. The molecular weight excluding hydrogens is 1100 g/mol. The van der Waals surface area contributed by atoms with E-state index in [9.17, 15) is 47.9 Å². The van der Waals surface area contributed by atoms with Gasteiger partial charge in [-0.1, -0.05) is 130 Å². The Bertz CT molecular complexity index is 2400. The Hall–Kier alpha value is -6.02. The van der Waals surface area contributed by atoms with Gasteiger partial charge in [0.15, 0.2) is 5.78 Å². The third kappa shape index (κ3) is 21.7. The minimum absolute atomic E-state index is 0.130. The number of hydrogen-bond acceptors (Lipinski definition) is 12. The van der Waals surface area contributed by atoms with Gasteiger partial charge in [-0.25, -0.2) is 0 Å². The Kier molecular flexibility index (Phi) is 31.8. The summed E-state index contributed by atoms with van der Waals surface area (Å²) >= 11 is 0. The summed E-state index contributed by atoms with van der Waals surface area (Å²) in [7, 11) is 7.17. The molecule has 0 aromatic heterocycles. The molecule has 0 aromatic carbocycles. The molecular formula is C65H113N9O12. The van der Waals surface area contributed by atoms with Crippen LogP contribution in [0.4, 0.5) is 0 Å². The van der Waals surface area contributed by atoms with Crippen LogP contribution in [0.25, 0.3) is 0 Å². The molecule has 1 saturated heterocycles. The molecule has 0 aromatic rings. The molecule has 21 nitrogen and oxygen atoms in total. The number of rotatable bonds is 15. The number of nitrogens with zero attached hydrogens (tertiary/aromatic N) is 5. The van der Waals surface area contributed by atoms with Gasteiger partial charge in [0.1, 0.15) is 59.8 Å².